The quantitative estimate of drug-likeness (QED) is 0.670. The first-order chi connectivity index (χ1) is 13.7. The van der Waals surface area contributed by atoms with Gasteiger partial charge in [0.05, 0.1) is 11.4 Å². The Bertz CT molecular complexity index is 1000. The molecule has 1 aliphatic rings. The standard InChI is InChI=1S/C22H18N2O3S/c25-21-14-28-20-11-6-16(12-19(20)24-21)22(26)23-17-7-9-18(10-8-17)27-13-15-4-2-1-3-5-15/h1-12H,13-14H2,(H,23,26)(H,24,25). The Hall–Kier alpha value is -3.25. The summed E-state index contributed by atoms with van der Waals surface area (Å²) in [5.41, 5.74) is 2.94. The molecule has 0 saturated heterocycles. The SMILES string of the molecule is O=C1CSc2ccc(C(=O)Nc3ccc(OCc4ccccc4)cc3)cc2N1. The summed E-state index contributed by atoms with van der Waals surface area (Å²) in [5, 5.41) is 5.66. The van der Waals surface area contributed by atoms with Crippen molar-refractivity contribution in [1.29, 1.82) is 0 Å². The van der Waals surface area contributed by atoms with E-state index in [0.29, 0.717) is 29.3 Å². The molecule has 0 fully saturated rings. The number of rotatable bonds is 5. The molecule has 0 aliphatic carbocycles. The normalized spacial score (nSPS) is 12.6. The average Bonchev–Trinajstić information content (AvgIpc) is 2.73. The van der Waals surface area contributed by atoms with Gasteiger partial charge in [-0.15, -0.1) is 11.8 Å². The number of hydrogen-bond acceptors (Lipinski definition) is 4. The zero-order valence-corrected chi connectivity index (χ0v) is 15.8. The predicted molar refractivity (Wildman–Crippen MR) is 111 cm³/mol. The molecule has 3 aromatic carbocycles. The minimum atomic E-state index is -0.231. The number of amides is 2. The van der Waals surface area contributed by atoms with Crippen molar-refractivity contribution < 1.29 is 14.3 Å². The number of nitrogens with one attached hydrogen (secondary N) is 2. The molecular weight excluding hydrogens is 372 g/mol. The fourth-order valence-electron chi connectivity index (χ4n) is 2.80. The Morgan fingerprint density at radius 3 is 2.61 bits per heavy atom. The van der Waals surface area contributed by atoms with E-state index in [1.165, 1.54) is 11.8 Å². The summed E-state index contributed by atoms with van der Waals surface area (Å²) >= 11 is 1.47. The van der Waals surface area contributed by atoms with Crippen LogP contribution in [0, 0.1) is 0 Å². The highest BCUT2D eigenvalue weighted by molar-refractivity contribution is 8.00. The van der Waals surface area contributed by atoms with Gasteiger partial charge in [-0.2, -0.15) is 0 Å². The van der Waals surface area contributed by atoms with Crippen LogP contribution in [0.4, 0.5) is 11.4 Å². The molecule has 0 aromatic heterocycles. The molecule has 0 saturated carbocycles. The maximum atomic E-state index is 12.5. The molecule has 1 heterocycles. The second-order valence-electron chi connectivity index (χ2n) is 6.30. The Morgan fingerprint density at radius 2 is 1.82 bits per heavy atom. The van der Waals surface area contributed by atoms with Gasteiger partial charge in [0.2, 0.25) is 5.91 Å². The highest BCUT2D eigenvalue weighted by Crippen LogP contribution is 2.32. The van der Waals surface area contributed by atoms with Crippen molar-refractivity contribution in [2.75, 3.05) is 16.4 Å². The van der Waals surface area contributed by atoms with Crippen molar-refractivity contribution in [2.24, 2.45) is 0 Å². The molecule has 5 nitrogen and oxygen atoms in total. The first-order valence-corrected chi connectivity index (χ1v) is 9.81. The minimum Gasteiger partial charge on any atom is -0.489 e. The summed E-state index contributed by atoms with van der Waals surface area (Å²) in [6.07, 6.45) is 0. The largest absolute Gasteiger partial charge is 0.489 e. The van der Waals surface area contributed by atoms with Gasteiger partial charge in [-0.05, 0) is 48.0 Å². The topological polar surface area (TPSA) is 67.4 Å². The van der Waals surface area contributed by atoms with Gasteiger partial charge in [0.15, 0.2) is 0 Å². The molecule has 6 heteroatoms. The molecule has 0 atom stereocenters. The lowest BCUT2D eigenvalue weighted by molar-refractivity contribution is -0.113. The van der Waals surface area contributed by atoms with Gasteiger partial charge in [0, 0.05) is 16.1 Å². The summed E-state index contributed by atoms with van der Waals surface area (Å²) in [6, 6.07) is 22.5. The van der Waals surface area contributed by atoms with E-state index in [0.717, 1.165) is 16.2 Å². The number of fused-ring (bicyclic) bond motifs is 1. The van der Waals surface area contributed by atoms with Crippen molar-refractivity contribution in [3.05, 3.63) is 83.9 Å². The second kappa shape index (κ2) is 8.19. The van der Waals surface area contributed by atoms with Crippen LogP contribution in [-0.4, -0.2) is 17.6 Å². The van der Waals surface area contributed by atoms with Crippen LogP contribution in [-0.2, 0) is 11.4 Å². The van der Waals surface area contributed by atoms with Crippen molar-refractivity contribution in [3.8, 4) is 5.75 Å². The van der Waals surface area contributed by atoms with Gasteiger partial charge in [-0.3, -0.25) is 9.59 Å². The molecule has 0 bridgehead atoms. The van der Waals surface area contributed by atoms with E-state index in [1.807, 2.05) is 48.5 Å². The van der Waals surface area contributed by atoms with Crippen LogP contribution < -0.4 is 15.4 Å². The highest BCUT2D eigenvalue weighted by atomic mass is 32.2. The van der Waals surface area contributed by atoms with Crippen LogP contribution in [0.15, 0.2) is 77.7 Å². The Morgan fingerprint density at radius 1 is 1.04 bits per heavy atom. The highest BCUT2D eigenvalue weighted by Gasteiger charge is 2.17. The van der Waals surface area contributed by atoms with Crippen molar-refractivity contribution in [2.45, 2.75) is 11.5 Å². The minimum absolute atomic E-state index is 0.0545. The van der Waals surface area contributed by atoms with Gasteiger partial charge < -0.3 is 15.4 Å². The van der Waals surface area contributed by atoms with Gasteiger partial charge >= 0.3 is 0 Å². The first-order valence-electron chi connectivity index (χ1n) is 8.82. The van der Waals surface area contributed by atoms with Crippen LogP contribution in [0.2, 0.25) is 0 Å². The molecule has 4 rings (SSSR count). The maximum Gasteiger partial charge on any atom is 0.255 e. The summed E-state index contributed by atoms with van der Waals surface area (Å²) in [6.45, 7) is 0.491. The number of benzene rings is 3. The smallest absolute Gasteiger partial charge is 0.255 e. The van der Waals surface area contributed by atoms with Crippen LogP contribution in [0.25, 0.3) is 0 Å². The number of ether oxygens (including phenoxy) is 1. The van der Waals surface area contributed by atoms with Crippen molar-refractivity contribution >= 4 is 35.0 Å². The fraction of sp³-hybridized carbons (Fsp3) is 0.0909. The number of thioether (sulfide) groups is 1. The second-order valence-corrected chi connectivity index (χ2v) is 7.32. The number of carbonyl (C=O) groups excluding carboxylic acids is 2. The summed E-state index contributed by atoms with van der Waals surface area (Å²) in [4.78, 5) is 25.0. The van der Waals surface area contributed by atoms with Gasteiger partial charge in [0.1, 0.15) is 12.4 Å². The maximum absolute atomic E-state index is 12.5. The molecule has 140 valence electrons. The summed E-state index contributed by atoms with van der Waals surface area (Å²) < 4.78 is 5.75. The zero-order chi connectivity index (χ0) is 19.3. The molecule has 0 radical (unpaired) electrons. The number of hydrogen-bond donors (Lipinski definition) is 2. The molecule has 0 unspecified atom stereocenters. The number of carbonyl (C=O) groups is 2. The lowest BCUT2D eigenvalue weighted by atomic mass is 10.1. The molecule has 28 heavy (non-hydrogen) atoms. The van der Waals surface area contributed by atoms with E-state index >= 15 is 0 Å². The zero-order valence-electron chi connectivity index (χ0n) is 15.0. The van der Waals surface area contributed by atoms with Crippen LogP contribution in [0.5, 0.6) is 5.75 Å². The Kier molecular flexibility index (Phi) is 5.30. The van der Waals surface area contributed by atoms with Crippen molar-refractivity contribution in [1.82, 2.24) is 0 Å². The fourth-order valence-corrected chi connectivity index (χ4v) is 3.59. The van der Waals surface area contributed by atoms with E-state index in [-0.39, 0.29) is 11.8 Å². The number of anilines is 2. The lowest BCUT2D eigenvalue weighted by Gasteiger charge is -2.17. The van der Waals surface area contributed by atoms with Gasteiger partial charge in [0.25, 0.3) is 5.91 Å². The molecule has 1 aliphatic heterocycles. The third kappa shape index (κ3) is 4.35. The summed E-state index contributed by atoms with van der Waals surface area (Å²) in [5.74, 6) is 0.846. The molecule has 3 aromatic rings. The van der Waals surface area contributed by atoms with Gasteiger partial charge in [-0.25, -0.2) is 0 Å². The Balaban J connectivity index is 1.38. The third-order valence-corrected chi connectivity index (χ3v) is 5.31. The van der Waals surface area contributed by atoms with E-state index in [9.17, 15) is 9.59 Å². The molecular formula is C22H18N2O3S. The van der Waals surface area contributed by atoms with Crippen LogP contribution in [0.1, 0.15) is 15.9 Å². The predicted octanol–water partition coefficient (Wildman–Crippen LogP) is 4.56. The van der Waals surface area contributed by atoms with Crippen molar-refractivity contribution in [3.63, 3.8) is 0 Å². The van der Waals surface area contributed by atoms with E-state index in [2.05, 4.69) is 10.6 Å². The van der Waals surface area contributed by atoms with Crippen LogP contribution in [0.3, 0.4) is 0 Å². The summed E-state index contributed by atoms with van der Waals surface area (Å²) in [7, 11) is 0. The molecule has 2 amide bonds. The lowest BCUT2D eigenvalue weighted by Crippen LogP contribution is -2.19. The van der Waals surface area contributed by atoms with Crippen LogP contribution >= 0.6 is 11.8 Å². The molecule has 2 N–H and O–H groups in total. The third-order valence-electron chi connectivity index (χ3n) is 4.24. The van der Waals surface area contributed by atoms with Gasteiger partial charge in [-0.1, -0.05) is 30.3 Å². The van der Waals surface area contributed by atoms with E-state index in [1.54, 1.807) is 24.3 Å². The monoisotopic (exact) mass is 390 g/mol. The van der Waals surface area contributed by atoms with E-state index in [4.69, 9.17) is 4.74 Å². The Labute approximate surface area is 167 Å². The first kappa shape index (κ1) is 18.1. The average molecular weight is 390 g/mol. The van der Waals surface area contributed by atoms with E-state index < -0.39 is 0 Å². The molecule has 0 spiro atoms.